The number of rotatable bonds is 4. The Hall–Kier alpha value is -1.51. The Morgan fingerprint density at radius 3 is 2.63 bits per heavy atom. The predicted octanol–water partition coefficient (Wildman–Crippen LogP) is 3.71. The van der Waals surface area contributed by atoms with Crippen molar-refractivity contribution in [3.05, 3.63) is 29.8 Å². The van der Waals surface area contributed by atoms with E-state index in [1.807, 2.05) is 18.2 Å². The van der Waals surface area contributed by atoms with Crippen LogP contribution in [0.4, 0.5) is 5.69 Å². The van der Waals surface area contributed by atoms with E-state index in [0.717, 1.165) is 24.1 Å². The van der Waals surface area contributed by atoms with Crippen LogP contribution in [0.1, 0.15) is 43.0 Å². The van der Waals surface area contributed by atoms with E-state index in [9.17, 15) is 4.79 Å². The van der Waals surface area contributed by atoms with E-state index in [2.05, 4.69) is 12.2 Å². The number of hydrogen-bond donors (Lipinski definition) is 1. The van der Waals surface area contributed by atoms with Gasteiger partial charge in [0.1, 0.15) is 0 Å². The van der Waals surface area contributed by atoms with Crippen LogP contribution in [-0.4, -0.2) is 19.6 Å². The van der Waals surface area contributed by atoms with Crippen LogP contribution < -0.4 is 5.32 Å². The van der Waals surface area contributed by atoms with Gasteiger partial charge in [-0.25, -0.2) is 4.79 Å². The number of carbonyl (C=O) groups excluding carboxylic acids is 1. The van der Waals surface area contributed by atoms with Crippen LogP contribution in [0.2, 0.25) is 0 Å². The Morgan fingerprint density at radius 2 is 1.95 bits per heavy atom. The quantitative estimate of drug-likeness (QED) is 0.840. The van der Waals surface area contributed by atoms with E-state index in [1.54, 1.807) is 6.07 Å². The van der Waals surface area contributed by atoms with E-state index < -0.39 is 0 Å². The lowest BCUT2D eigenvalue weighted by atomic mass is 9.83. The lowest BCUT2D eigenvalue weighted by Gasteiger charge is -2.26. The highest BCUT2D eigenvalue weighted by molar-refractivity contribution is 5.95. The van der Waals surface area contributed by atoms with Crippen molar-refractivity contribution in [3.63, 3.8) is 0 Å². The summed E-state index contributed by atoms with van der Waals surface area (Å²) in [5.41, 5.74) is 1.50. The third-order valence-corrected chi connectivity index (χ3v) is 4.05. The fourth-order valence-electron chi connectivity index (χ4n) is 2.71. The average molecular weight is 261 g/mol. The first kappa shape index (κ1) is 13.9. The Morgan fingerprint density at radius 1 is 1.26 bits per heavy atom. The molecule has 0 spiro atoms. The molecule has 19 heavy (non-hydrogen) atoms. The fourth-order valence-corrected chi connectivity index (χ4v) is 2.71. The van der Waals surface area contributed by atoms with Crippen molar-refractivity contribution in [2.45, 2.75) is 32.6 Å². The summed E-state index contributed by atoms with van der Waals surface area (Å²) in [6, 6.07) is 7.55. The highest BCUT2D eigenvalue weighted by atomic mass is 16.5. The van der Waals surface area contributed by atoms with Gasteiger partial charge in [0, 0.05) is 12.2 Å². The molecule has 3 nitrogen and oxygen atoms in total. The first-order chi connectivity index (χ1) is 9.20. The van der Waals surface area contributed by atoms with Crippen molar-refractivity contribution in [2.24, 2.45) is 11.8 Å². The van der Waals surface area contributed by atoms with Gasteiger partial charge in [0.2, 0.25) is 0 Å². The van der Waals surface area contributed by atoms with Crippen molar-refractivity contribution in [3.8, 4) is 0 Å². The SMILES string of the molecule is COC(=O)c1ccccc1NCC1CCC(C)CC1. The summed E-state index contributed by atoms with van der Waals surface area (Å²) in [6.07, 6.45) is 5.22. The summed E-state index contributed by atoms with van der Waals surface area (Å²) in [5.74, 6) is 1.32. The molecule has 0 heterocycles. The molecule has 0 aliphatic heterocycles. The van der Waals surface area contributed by atoms with Crippen LogP contribution in [0.3, 0.4) is 0 Å². The number of carbonyl (C=O) groups is 1. The van der Waals surface area contributed by atoms with E-state index in [0.29, 0.717) is 5.56 Å². The molecule has 1 aromatic carbocycles. The molecule has 0 radical (unpaired) electrons. The van der Waals surface area contributed by atoms with Crippen molar-refractivity contribution in [1.82, 2.24) is 0 Å². The van der Waals surface area contributed by atoms with Crippen molar-refractivity contribution < 1.29 is 9.53 Å². The number of hydrogen-bond acceptors (Lipinski definition) is 3. The first-order valence-electron chi connectivity index (χ1n) is 7.12. The Kier molecular flexibility index (Phi) is 4.83. The van der Waals surface area contributed by atoms with Crippen LogP contribution in [0.25, 0.3) is 0 Å². The second kappa shape index (κ2) is 6.60. The largest absolute Gasteiger partial charge is 0.465 e. The van der Waals surface area contributed by atoms with Crippen LogP contribution in [0, 0.1) is 11.8 Å². The number of esters is 1. The number of anilines is 1. The van der Waals surface area contributed by atoms with E-state index >= 15 is 0 Å². The molecular formula is C16H23NO2. The average Bonchev–Trinajstić information content (AvgIpc) is 2.46. The molecule has 3 heteroatoms. The predicted molar refractivity (Wildman–Crippen MR) is 77.4 cm³/mol. The topological polar surface area (TPSA) is 38.3 Å². The molecule has 2 rings (SSSR count). The van der Waals surface area contributed by atoms with Gasteiger partial charge in [-0.05, 0) is 36.8 Å². The lowest BCUT2D eigenvalue weighted by molar-refractivity contribution is 0.0602. The van der Waals surface area contributed by atoms with Gasteiger partial charge >= 0.3 is 5.97 Å². The zero-order valence-electron chi connectivity index (χ0n) is 11.8. The molecule has 0 atom stereocenters. The normalized spacial score (nSPS) is 22.8. The van der Waals surface area contributed by atoms with Crippen molar-refractivity contribution >= 4 is 11.7 Å². The minimum Gasteiger partial charge on any atom is -0.465 e. The molecule has 1 saturated carbocycles. The molecule has 0 saturated heterocycles. The molecule has 0 amide bonds. The molecule has 1 fully saturated rings. The molecule has 1 aliphatic rings. The zero-order valence-corrected chi connectivity index (χ0v) is 11.8. The van der Waals surface area contributed by atoms with Gasteiger partial charge in [-0.15, -0.1) is 0 Å². The summed E-state index contributed by atoms with van der Waals surface area (Å²) in [5, 5.41) is 3.41. The van der Waals surface area contributed by atoms with Crippen LogP contribution in [-0.2, 0) is 4.74 Å². The van der Waals surface area contributed by atoms with Crippen LogP contribution in [0.15, 0.2) is 24.3 Å². The van der Waals surface area contributed by atoms with Crippen LogP contribution in [0.5, 0.6) is 0 Å². The summed E-state index contributed by atoms with van der Waals surface area (Å²) < 4.78 is 4.80. The Bertz CT molecular complexity index is 423. The third-order valence-electron chi connectivity index (χ3n) is 4.05. The molecule has 0 aromatic heterocycles. The van der Waals surface area contributed by atoms with Gasteiger partial charge in [-0.2, -0.15) is 0 Å². The summed E-state index contributed by atoms with van der Waals surface area (Å²) in [7, 11) is 1.42. The van der Waals surface area contributed by atoms with Gasteiger partial charge in [-0.1, -0.05) is 31.9 Å². The van der Waals surface area contributed by atoms with E-state index in [4.69, 9.17) is 4.74 Å². The van der Waals surface area contributed by atoms with Gasteiger partial charge in [0.25, 0.3) is 0 Å². The number of ether oxygens (including phenoxy) is 1. The van der Waals surface area contributed by atoms with Crippen molar-refractivity contribution in [2.75, 3.05) is 19.0 Å². The monoisotopic (exact) mass is 261 g/mol. The van der Waals surface area contributed by atoms with Gasteiger partial charge in [-0.3, -0.25) is 0 Å². The summed E-state index contributed by atoms with van der Waals surface area (Å²) in [4.78, 5) is 11.7. The summed E-state index contributed by atoms with van der Waals surface area (Å²) >= 11 is 0. The third kappa shape index (κ3) is 3.72. The summed E-state index contributed by atoms with van der Waals surface area (Å²) in [6.45, 7) is 3.27. The minimum atomic E-state index is -0.277. The second-order valence-electron chi connectivity index (χ2n) is 5.54. The molecular weight excluding hydrogens is 238 g/mol. The molecule has 1 aliphatic carbocycles. The zero-order chi connectivity index (χ0) is 13.7. The maximum atomic E-state index is 11.7. The maximum Gasteiger partial charge on any atom is 0.339 e. The fraction of sp³-hybridized carbons (Fsp3) is 0.562. The highest BCUT2D eigenvalue weighted by Crippen LogP contribution is 2.28. The van der Waals surface area contributed by atoms with Gasteiger partial charge in [0.05, 0.1) is 12.7 Å². The van der Waals surface area contributed by atoms with Crippen molar-refractivity contribution in [1.29, 1.82) is 0 Å². The minimum absolute atomic E-state index is 0.277. The second-order valence-corrected chi connectivity index (χ2v) is 5.54. The van der Waals surface area contributed by atoms with Gasteiger partial charge in [0.15, 0.2) is 0 Å². The number of para-hydroxylation sites is 1. The van der Waals surface area contributed by atoms with E-state index in [-0.39, 0.29) is 5.97 Å². The molecule has 104 valence electrons. The molecule has 0 bridgehead atoms. The number of methoxy groups -OCH3 is 1. The standard InChI is InChI=1S/C16H23NO2/c1-12-7-9-13(10-8-12)11-17-15-6-4-3-5-14(15)16(18)19-2/h3-6,12-13,17H,7-11H2,1-2H3. The molecule has 0 unspecified atom stereocenters. The Balaban J connectivity index is 1.94. The Labute approximate surface area is 115 Å². The van der Waals surface area contributed by atoms with E-state index in [1.165, 1.54) is 32.8 Å². The highest BCUT2D eigenvalue weighted by Gasteiger charge is 2.18. The van der Waals surface area contributed by atoms with Gasteiger partial charge < -0.3 is 10.1 Å². The van der Waals surface area contributed by atoms with Crippen LogP contribution >= 0.6 is 0 Å². The molecule has 1 aromatic rings. The smallest absolute Gasteiger partial charge is 0.339 e. The molecule has 1 N–H and O–H groups in total. The lowest BCUT2D eigenvalue weighted by Crippen LogP contribution is -2.21. The first-order valence-corrected chi connectivity index (χ1v) is 7.12. The maximum absolute atomic E-state index is 11.7. The number of nitrogens with one attached hydrogen (secondary N) is 1. The number of benzene rings is 1.